The summed E-state index contributed by atoms with van der Waals surface area (Å²) in [5, 5.41) is 18.2. The molecule has 94 valence electrons. The summed E-state index contributed by atoms with van der Waals surface area (Å²) in [7, 11) is 0. The topological polar surface area (TPSA) is 62.2 Å². The second-order valence-electron chi connectivity index (χ2n) is 4.42. The normalized spacial score (nSPS) is 23.4. The highest BCUT2D eigenvalue weighted by Crippen LogP contribution is 2.39. The van der Waals surface area contributed by atoms with Crippen molar-refractivity contribution in [2.24, 2.45) is 0 Å². The molecule has 1 aliphatic rings. The fourth-order valence-electron chi connectivity index (χ4n) is 1.94. The van der Waals surface area contributed by atoms with E-state index in [4.69, 9.17) is 19.7 Å². The van der Waals surface area contributed by atoms with E-state index in [0.717, 1.165) is 5.56 Å². The predicted molar refractivity (Wildman–Crippen MR) is 62.5 cm³/mol. The summed E-state index contributed by atoms with van der Waals surface area (Å²) in [5.41, 5.74) is 0.300. The van der Waals surface area contributed by atoms with Crippen molar-refractivity contribution in [1.29, 1.82) is 0 Å². The Morgan fingerprint density at radius 3 is 2.47 bits per heavy atom. The molecule has 1 aliphatic heterocycles. The second kappa shape index (κ2) is 5.14. The minimum Gasteiger partial charge on any atom is -0.393 e. The molecule has 17 heavy (non-hydrogen) atoms. The van der Waals surface area contributed by atoms with Crippen LogP contribution in [0.1, 0.15) is 12.5 Å². The SMILES string of the molecule is C[C@H](OCc1ccccc1)[C@@H]1OC1(CO)CO. The lowest BCUT2D eigenvalue weighted by molar-refractivity contribution is 0.0337. The minimum absolute atomic E-state index is 0.144. The van der Waals surface area contributed by atoms with Gasteiger partial charge in [0.25, 0.3) is 0 Å². The van der Waals surface area contributed by atoms with Crippen molar-refractivity contribution >= 4 is 0 Å². The zero-order valence-corrected chi connectivity index (χ0v) is 9.87. The van der Waals surface area contributed by atoms with Crippen LogP contribution in [0.15, 0.2) is 30.3 Å². The van der Waals surface area contributed by atoms with Gasteiger partial charge in [0.05, 0.1) is 25.9 Å². The van der Waals surface area contributed by atoms with Gasteiger partial charge < -0.3 is 19.7 Å². The molecule has 0 amide bonds. The molecule has 2 N–H and O–H groups in total. The van der Waals surface area contributed by atoms with Gasteiger partial charge in [-0.15, -0.1) is 0 Å². The van der Waals surface area contributed by atoms with E-state index in [0.29, 0.717) is 6.61 Å². The number of hydrogen-bond acceptors (Lipinski definition) is 4. The Bertz CT molecular complexity index is 348. The van der Waals surface area contributed by atoms with E-state index in [-0.39, 0.29) is 25.4 Å². The van der Waals surface area contributed by atoms with Crippen LogP contribution in [-0.2, 0) is 16.1 Å². The average molecular weight is 238 g/mol. The number of ether oxygens (including phenoxy) is 2. The van der Waals surface area contributed by atoms with Gasteiger partial charge in [0.2, 0.25) is 0 Å². The van der Waals surface area contributed by atoms with Crippen molar-refractivity contribution in [2.75, 3.05) is 13.2 Å². The molecule has 0 spiro atoms. The molecular formula is C13H18O4. The van der Waals surface area contributed by atoms with Crippen molar-refractivity contribution in [2.45, 2.75) is 31.3 Å². The summed E-state index contributed by atoms with van der Waals surface area (Å²) >= 11 is 0. The van der Waals surface area contributed by atoms with Crippen LogP contribution in [0.5, 0.6) is 0 Å². The molecule has 1 saturated heterocycles. The summed E-state index contributed by atoms with van der Waals surface area (Å²) in [4.78, 5) is 0. The summed E-state index contributed by atoms with van der Waals surface area (Å²) in [6.07, 6.45) is -0.365. The summed E-state index contributed by atoms with van der Waals surface area (Å²) < 4.78 is 11.0. The molecule has 0 radical (unpaired) electrons. The van der Waals surface area contributed by atoms with Crippen LogP contribution in [0.2, 0.25) is 0 Å². The van der Waals surface area contributed by atoms with E-state index in [9.17, 15) is 0 Å². The van der Waals surface area contributed by atoms with Crippen LogP contribution in [-0.4, -0.2) is 41.2 Å². The lowest BCUT2D eigenvalue weighted by atomic mass is 10.0. The summed E-state index contributed by atoms with van der Waals surface area (Å²) in [6, 6.07) is 9.86. The highest BCUT2D eigenvalue weighted by molar-refractivity contribution is 5.13. The molecule has 0 aliphatic carbocycles. The van der Waals surface area contributed by atoms with E-state index >= 15 is 0 Å². The first-order valence-corrected chi connectivity index (χ1v) is 5.77. The fraction of sp³-hybridized carbons (Fsp3) is 0.538. The third kappa shape index (κ3) is 2.66. The van der Waals surface area contributed by atoms with Gasteiger partial charge >= 0.3 is 0 Å². The Balaban J connectivity index is 1.81. The Hall–Kier alpha value is -0.940. The Morgan fingerprint density at radius 2 is 1.94 bits per heavy atom. The van der Waals surface area contributed by atoms with Crippen molar-refractivity contribution in [3.63, 3.8) is 0 Å². The van der Waals surface area contributed by atoms with Crippen LogP contribution in [0.4, 0.5) is 0 Å². The first kappa shape index (κ1) is 12.5. The maximum atomic E-state index is 9.12. The highest BCUT2D eigenvalue weighted by atomic mass is 16.7. The van der Waals surface area contributed by atoms with Crippen LogP contribution < -0.4 is 0 Å². The van der Waals surface area contributed by atoms with E-state index in [1.54, 1.807) is 0 Å². The first-order valence-electron chi connectivity index (χ1n) is 5.77. The summed E-state index contributed by atoms with van der Waals surface area (Å²) in [6.45, 7) is 2.05. The Morgan fingerprint density at radius 1 is 1.29 bits per heavy atom. The van der Waals surface area contributed by atoms with Crippen LogP contribution in [0, 0.1) is 0 Å². The molecule has 1 aromatic rings. The van der Waals surface area contributed by atoms with Gasteiger partial charge in [-0.05, 0) is 12.5 Å². The Labute approximate surface area is 101 Å². The molecule has 0 unspecified atom stereocenters. The van der Waals surface area contributed by atoms with Gasteiger partial charge in [-0.2, -0.15) is 0 Å². The van der Waals surface area contributed by atoms with Gasteiger partial charge in [-0.3, -0.25) is 0 Å². The smallest absolute Gasteiger partial charge is 0.143 e. The summed E-state index contributed by atoms with van der Waals surface area (Å²) in [5.74, 6) is 0. The molecule has 1 heterocycles. The van der Waals surface area contributed by atoms with Crippen molar-refractivity contribution in [3.05, 3.63) is 35.9 Å². The lowest BCUT2D eigenvalue weighted by Crippen LogP contribution is -2.31. The molecule has 4 heteroatoms. The molecular weight excluding hydrogens is 220 g/mol. The molecule has 0 bridgehead atoms. The van der Waals surface area contributed by atoms with Crippen molar-refractivity contribution in [1.82, 2.24) is 0 Å². The molecule has 1 aromatic carbocycles. The second-order valence-corrected chi connectivity index (χ2v) is 4.42. The lowest BCUT2D eigenvalue weighted by Gasteiger charge is -2.13. The van der Waals surface area contributed by atoms with Gasteiger partial charge in [0.15, 0.2) is 0 Å². The average Bonchev–Trinajstić information content (AvgIpc) is 3.13. The van der Waals surface area contributed by atoms with Crippen LogP contribution in [0.3, 0.4) is 0 Å². The number of hydrogen-bond donors (Lipinski definition) is 2. The number of rotatable bonds is 6. The monoisotopic (exact) mass is 238 g/mol. The van der Waals surface area contributed by atoms with Crippen molar-refractivity contribution < 1.29 is 19.7 Å². The molecule has 0 saturated carbocycles. The van der Waals surface area contributed by atoms with E-state index in [1.165, 1.54) is 0 Å². The highest BCUT2D eigenvalue weighted by Gasteiger charge is 2.58. The van der Waals surface area contributed by atoms with Crippen LogP contribution >= 0.6 is 0 Å². The largest absolute Gasteiger partial charge is 0.393 e. The molecule has 1 fully saturated rings. The number of aliphatic hydroxyl groups is 2. The van der Waals surface area contributed by atoms with E-state index in [1.807, 2.05) is 37.3 Å². The third-order valence-corrected chi connectivity index (χ3v) is 3.14. The van der Waals surface area contributed by atoms with Gasteiger partial charge in [-0.25, -0.2) is 0 Å². The molecule has 0 aromatic heterocycles. The predicted octanol–water partition coefficient (Wildman–Crippen LogP) is 0.714. The van der Waals surface area contributed by atoms with E-state index in [2.05, 4.69) is 0 Å². The van der Waals surface area contributed by atoms with Crippen molar-refractivity contribution in [3.8, 4) is 0 Å². The standard InChI is InChI=1S/C13H18O4/c1-10(12-13(8-14,9-15)17-12)16-7-11-5-3-2-4-6-11/h2-6,10,12,14-15H,7-9H2,1H3/t10-,12-/m0/s1. The third-order valence-electron chi connectivity index (χ3n) is 3.14. The van der Waals surface area contributed by atoms with E-state index < -0.39 is 5.60 Å². The van der Waals surface area contributed by atoms with Gasteiger partial charge in [-0.1, -0.05) is 30.3 Å². The first-order chi connectivity index (χ1) is 8.22. The molecule has 2 rings (SSSR count). The molecule has 2 atom stereocenters. The zero-order valence-electron chi connectivity index (χ0n) is 9.87. The fourth-order valence-corrected chi connectivity index (χ4v) is 1.94. The van der Waals surface area contributed by atoms with Gasteiger partial charge in [0.1, 0.15) is 11.7 Å². The quantitative estimate of drug-likeness (QED) is 0.717. The van der Waals surface area contributed by atoms with Gasteiger partial charge in [0, 0.05) is 0 Å². The van der Waals surface area contributed by atoms with Crippen LogP contribution in [0.25, 0.3) is 0 Å². The number of epoxide rings is 1. The number of benzene rings is 1. The zero-order chi connectivity index (χ0) is 12.3. The maximum absolute atomic E-state index is 9.12. The Kier molecular flexibility index (Phi) is 3.79. The maximum Gasteiger partial charge on any atom is 0.143 e. The number of aliphatic hydroxyl groups excluding tert-OH is 2. The molecule has 4 nitrogen and oxygen atoms in total. The minimum atomic E-state index is -0.796.